The Morgan fingerprint density at radius 2 is 2.22 bits per heavy atom. The molecule has 0 radical (unpaired) electrons. The summed E-state index contributed by atoms with van der Waals surface area (Å²) in [7, 11) is 0. The van der Waals surface area contributed by atoms with E-state index in [0.717, 1.165) is 24.0 Å². The van der Waals surface area contributed by atoms with Crippen LogP contribution in [-0.4, -0.2) is 33.8 Å². The van der Waals surface area contributed by atoms with Crippen LogP contribution in [0.15, 0.2) is 22.7 Å². The van der Waals surface area contributed by atoms with Gasteiger partial charge in [0.1, 0.15) is 5.75 Å². The Balaban J connectivity index is 2.16. The lowest BCUT2D eigenvalue weighted by atomic mass is 9.99. The lowest BCUT2D eigenvalue weighted by Gasteiger charge is -2.34. The van der Waals surface area contributed by atoms with Crippen LogP contribution in [0.5, 0.6) is 5.75 Å². The second-order valence-corrected chi connectivity index (χ2v) is 6.79. The van der Waals surface area contributed by atoms with Gasteiger partial charge in [0.25, 0.3) is 5.91 Å². The van der Waals surface area contributed by atoms with Gasteiger partial charge in [-0.05, 0) is 30.5 Å². The molecule has 0 spiro atoms. The molecule has 0 aliphatic carbocycles. The van der Waals surface area contributed by atoms with Crippen molar-refractivity contribution >= 4 is 37.8 Å². The molecule has 1 aromatic rings. The van der Waals surface area contributed by atoms with Crippen LogP contribution in [0.4, 0.5) is 0 Å². The number of alkyl halides is 1. The Labute approximate surface area is 123 Å². The van der Waals surface area contributed by atoms with Crippen LogP contribution in [0.1, 0.15) is 23.7 Å². The maximum Gasteiger partial charge on any atom is 0.257 e. The quantitative estimate of drug-likeness (QED) is 0.763. The van der Waals surface area contributed by atoms with Gasteiger partial charge in [-0.3, -0.25) is 4.79 Å². The molecule has 2 unspecified atom stereocenters. The van der Waals surface area contributed by atoms with Crippen LogP contribution in [0.25, 0.3) is 0 Å². The number of carbonyl (C=O) groups excluding carboxylic acids is 1. The van der Waals surface area contributed by atoms with Crippen molar-refractivity contribution in [1.29, 1.82) is 0 Å². The van der Waals surface area contributed by atoms with Crippen molar-refractivity contribution in [3.05, 3.63) is 28.2 Å². The minimum atomic E-state index is -0.0914. The number of hydrogen-bond donors (Lipinski definition) is 1. The van der Waals surface area contributed by atoms with Crippen molar-refractivity contribution in [2.45, 2.75) is 18.2 Å². The van der Waals surface area contributed by atoms with Crippen LogP contribution in [0, 0.1) is 5.92 Å². The summed E-state index contributed by atoms with van der Waals surface area (Å²) >= 11 is 6.88. The van der Waals surface area contributed by atoms with Crippen LogP contribution >= 0.6 is 31.9 Å². The van der Waals surface area contributed by atoms with Crippen molar-refractivity contribution < 1.29 is 9.90 Å². The Morgan fingerprint density at radius 3 is 2.83 bits per heavy atom. The Bertz CT molecular complexity index is 464. The van der Waals surface area contributed by atoms with Gasteiger partial charge < -0.3 is 10.0 Å². The highest BCUT2D eigenvalue weighted by Crippen LogP contribution is 2.27. The Hall–Kier alpha value is -0.550. The van der Waals surface area contributed by atoms with E-state index < -0.39 is 0 Å². The van der Waals surface area contributed by atoms with Crippen molar-refractivity contribution in [2.24, 2.45) is 5.92 Å². The molecule has 1 N–H and O–H groups in total. The summed E-state index contributed by atoms with van der Waals surface area (Å²) in [6.45, 7) is 3.58. The fourth-order valence-corrected chi connectivity index (χ4v) is 2.88. The molecule has 0 aromatic heterocycles. The van der Waals surface area contributed by atoms with E-state index in [9.17, 15) is 9.90 Å². The molecule has 2 atom stereocenters. The molecule has 1 aromatic carbocycles. The smallest absolute Gasteiger partial charge is 0.257 e. The number of nitrogens with zero attached hydrogens (tertiary/aromatic N) is 1. The van der Waals surface area contributed by atoms with Gasteiger partial charge in [0.2, 0.25) is 0 Å². The van der Waals surface area contributed by atoms with Gasteiger partial charge >= 0.3 is 0 Å². The first-order valence-electron chi connectivity index (χ1n) is 5.91. The predicted molar refractivity (Wildman–Crippen MR) is 78.2 cm³/mol. The monoisotopic (exact) mass is 375 g/mol. The fourth-order valence-electron chi connectivity index (χ4n) is 2.16. The number of carbonyl (C=O) groups is 1. The highest BCUT2D eigenvalue weighted by molar-refractivity contribution is 9.10. The zero-order valence-electron chi connectivity index (χ0n) is 10.1. The van der Waals surface area contributed by atoms with Crippen LogP contribution in [-0.2, 0) is 0 Å². The number of phenols is 1. The number of rotatable bonds is 1. The summed E-state index contributed by atoms with van der Waals surface area (Å²) in [5.74, 6) is 0.370. The zero-order valence-corrected chi connectivity index (χ0v) is 13.2. The van der Waals surface area contributed by atoms with Gasteiger partial charge in [0, 0.05) is 22.4 Å². The summed E-state index contributed by atoms with van der Waals surface area (Å²) in [4.78, 5) is 14.6. The Kier molecular flexibility index (Phi) is 4.33. The minimum absolute atomic E-state index is 0.0305. The summed E-state index contributed by atoms with van der Waals surface area (Å²) in [5, 5.41) is 9.82. The topological polar surface area (TPSA) is 40.5 Å². The zero-order chi connectivity index (χ0) is 13.3. The van der Waals surface area contributed by atoms with E-state index in [1.54, 1.807) is 18.2 Å². The third-order valence-electron chi connectivity index (χ3n) is 3.28. The lowest BCUT2D eigenvalue weighted by Crippen LogP contribution is -2.43. The molecule has 0 saturated carbocycles. The fraction of sp³-hybridized carbons (Fsp3) is 0.462. The first kappa shape index (κ1) is 13.9. The summed E-state index contributed by atoms with van der Waals surface area (Å²) in [6.07, 6.45) is 0.949. The van der Waals surface area contributed by atoms with Gasteiger partial charge in [-0.2, -0.15) is 0 Å². The van der Waals surface area contributed by atoms with E-state index in [-0.39, 0.29) is 11.7 Å². The third kappa shape index (κ3) is 2.88. The number of phenolic OH excluding ortho intramolecular Hbond substituents is 1. The summed E-state index contributed by atoms with van der Waals surface area (Å²) in [5.41, 5.74) is 0.374. The molecule has 5 heteroatoms. The molecule has 1 amide bonds. The second-order valence-electron chi connectivity index (χ2n) is 4.69. The molecule has 1 aliphatic rings. The molecule has 98 valence electrons. The predicted octanol–water partition coefficient (Wildman–Crippen LogP) is 3.40. The van der Waals surface area contributed by atoms with Crippen molar-refractivity contribution in [3.8, 4) is 5.75 Å². The molecule has 1 aliphatic heterocycles. The van der Waals surface area contributed by atoms with E-state index in [1.165, 1.54) is 0 Å². The first-order valence-corrected chi connectivity index (χ1v) is 7.61. The van der Waals surface area contributed by atoms with Crippen molar-refractivity contribution in [1.82, 2.24) is 4.90 Å². The average Bonchev–Trinajstić information content (AvgIpc) is 2.32. The normalized spacial score (nSPS) is 24.1. The molecule has 1 heterocycles. The maximum atomic E-state index is 12.3. The van der Waals surface area contributed by atoms with Gasteiger partial charge in [-0.1, -0.05) is 38.8 Å². The lowest BCUT2D eigenvalue weighted by molar-refractivity contribution is 0.0687. The van der Waals surface area contributed by atoms with E-state index in [2.05, 4.69) is 38.8 Å². The molecular weight excluding hydrogens is 362 g/mol. The highest BCUT2D eigenvalue weighted by Gasteiger charge is 2.28. The first-order chi connectivity index (χ1) is 8.49. The molecule has 0 bridgehead atoms. The average molecular weight is 377 g/mol. The molecule has 2 rings (SSSR count). The van der Waals surface area contributed by atoms with Gasteiger partial charge in [-0.25, -0.2) is 0 Å². The maximum absolute atomic E-state index is 12.3. The van der Waals surface area contributed by atoms with Crippen LogP contribution < -0.4 is 0 Å². The van der Waals surface area contributed by atoms with E-state index >= 15 is 0 Å². The molecule has 18 heavy (non-hydrogen) atoms. The number of aromatic hydroxyl groups is 1. The minimum Gasteiger partial charge on any atom is -0.507 e. The molecule has 1 fully saturated rings. The van der Waals surface area contributed by atoms with Crippen molar-refractivity contribution in [2.75, 3.05) is 13.1 Å². The third-order valence-corrected chi connectivity index (χ3v) is 5.13. The van der Waals surface area contributed by atoms with E-state index in [0.29, 0.717) is 16.3 Å². The molecule has 3 nitrogen and oxygen atoms in total. The van der Waals surface area contributed by atoms with E-state index in [1.807, 2.05) is 4.90 Å². The van der Waals surface area contributed by atoms with Gasteiger partial charge in [0.15, 0.2) is 0 Å². The molecular formula is C13H15Br2NO2. The van der Waals surface area contributed by atoms with Gasteiger partial charge in [0.05, 0.1) is 5.56 Å². The van der Waals surface area contributed by atoms with Gasteiger partial charge in [-0.15, -0.1) is 0 Å². The number of hydrogen-bond acceptors (Lipinski definition) is 2. The SMILES string of the molecule is CC1CN(C(=O)c2ccc(Br)cc2O)CCC1Br. The van der Waals surface area contributed by atoms with Crippen molar-refractivity contribution in [3.63, 3.8) is 0 Å². The Morgan fingerprint density at radius 1 is 1.50 bits per heavy atom. The van der Waals surface area contributed by atoms with Crippen LogP contribution in [0.3, 0.4) is 0 Å². The largest absolute Gasteiger partial charge is 0.507 e. The number of halogens is 2. The molecule has 1 saturated heterocycles. The van der Waals surface area contributed by atoms with Crippen LogP contribution in [0.2, 0.25) is 0 Å². The summed E-state index contributed by atoms with van der Waals surface area (Å²) in [6, 6.07) is 4.98. The standard InChI is InChI=1S/C13H15Br2NO2/c1-8-7-16(5-4-11(8)15)13(18)10-3-2-9(14)6-12(10)17/h2-3,6,8,11,17H,4-5,7H2,1H3. The highest BCUT2D eigenvalue weighted by atomic mass is 79.9. The van der Waals surface area contributed by atoms with E-state index in [4.69, 9.17) is 0 Å². The number of amides is 1. The number of likely N-dealkylation sites (tertiary alicyclic amines) is 1. The number of benzene rings is 1. The second kappa shape index (κ2) is 5.61. The summed E-state index contributed by atoms with van der Waals surface area (Å²) < 4.78 is 0.768. The number of piperidine rings is 1.